The molecule has 0 saturated heterocycles. The van der Waals surface area contributed by atoms with Crippen LogP contribution in [-0.2, 0) is 9.53 Å². The van der Waals surface area contributed by atoms with Crippen molar-refractivity contribution in [3.63, 3.8) is 0 Å². The van der Waals surface area contributed by atoms with Crippen LogP contribution in [0.4, 0.5) is 0 Å². The van der Waals surface area contributed by atoms with Crippen molar-refractivity contribution in [1.29, 1.82) is 0 Å². The number of rotatable bonds is 2. The van der Waals surface area contributed by atoms with E-state index in [0.717, 1.165) is 10.5 Å². The first-order valence-corrected chi connectivity index (χ1v) is 6.01. The first-order chi connectivity index (χ1) is 7.74. The molecular formula is C12H13NO2S. The van der Waals surface area contributed by atoms with Gasteiger partial charge in [-0.2, -0.15) is 0 Å². The molecule has 2 N–H and O–H groups in total. The van der Waals surface area contributed by atoms with Crippen LogP contribution < -0.4 is 5.73 Å². The fourth-order valence-corrected chi connectivity index (χ4v) is 2.72. The van der Waals surface area contributed by atoms with Crippen LogP contribution >= 0.6 is 11.8 Å². The number of carbonyl (C=O) groups excluding carboxylic acids is 1. The Labute approximate surface area is 98.7 Å². The topological polar surface area (TPSA) is 52.3 Å². The van der Waals surface area contributed by atoms with Gasteiger partial charge in [-0.3, -0.25) is 0 Å². The number of thioether (sulfide) groups is 1. The van der Waals surface area contributed by atoms with Crippen molar-refractivity contribution < 1.29 is 9.53 Å². The van der Waals surface area contributed by atoms with Crippen molar-refractivity contribution in [2.75, 3.05) is 6.61 Å². The number of esters is 1. The second-order valence-electron chi connectivity index (χ2n) is 3.36. The Bertz CT molecular complexity index is 432. The molecule has 1 heterocycles. The molecule has 0 amide bonds. The summed E-state index contributed by atoms with van der Waals surface area (Å²) in [4.78, 5) is 12.8. The maximum atomic E-state index is 11.8. The highest BCUT2D eigenvalue weighted by molar-refractivity contribution is 8.04. The Morgan fingerprint density at radius 3 is 3.06 bits per heavy atom. The number of hydrogen-bond donors (Lipinski definition) is 1. The smallest absolute Gasteiger partial charge is 0.337 e. The molecule has 0 aromatic carbocycles. The molecule has 0 spiro atoms. The summed E-state index contributed by atoms with van der Waals surface area (Å²) in [5.74, 6) is -0.313. The second kappa shape index (κ2) is 4.72. The van der Waals surface area contributed by atoms with Gasteiger partial charge in [0, 0.05) is 10.5 Å². The van der Waals surface area contributed by atoms with Crippen LogP contribution in [0, 0.1) is 0 Å². The van der Waals surface area contributed by atoms with Gasteiger partial charge >= 0.3 is 5.97 Å². The van der Waals surface area contributed by atoms with E-state index in [1.807, 2.05) is 30.4 Å². The molecule has 1 aliphatic carbocycles. The number of fused-ring (bicyclic) bond motifs is 1. The van der Waals surface area contributed by atoms with E-state index in [4.69, 9.17) is 10.5 Å². The molecule has 16 heavy (non-hydrogen) atoms. The average molecular weight is 235 g/mol. The van der Waals surface area contributed by atoms with E-state index in [-0.39, 0.29) is 11.3 Å². The lowest BCUT2D eigenvalue weighted by Crippen LogP contribution is -2.23. The average Bonchev–Trinajstić information content (AvgIpc) is 2.43. The molecule has 0 fully saturated rings. The van der Waals surface area contributed by atoms with Gasteiger partial charge in [0.1, 0.15) is 0 Å². The number of allylic oxidation sites excluding steroid dienone is 6. The van der Waals surface area contributed by atoms with E-state index in [2.05, 4.69) is 0 Å². The summed E-state index contributed by atoms with van der Waals surface area (Å²) in [6.45, 7) is 2.16. The van der Waals surface area contributed by atoms with Gasteiger partial charge in [0.25, 0.3) is 0 Å². The molecule has 1 unspecified atom stereocenters. The summed E-state index contributed by atoms with van der Waals surface area (Å²) < 4.78 is 5.01. The molecule has 3 nitrogen and oxygen atoms in total. The summed E-state index contributed by atoms with van der Waals surface area (Å²) in [6.07, 6.45) is 9.63. The van der Waals surface area contributed by atoms with E-state index in [1.165, 1.54) is 11.8 Å². The molecule has 84 valence electrons. The largest absolute Gasteiger partial charge is 0.463 e. The van der Waals surface area contributed by atoms with Gasteiger partial charge in [0.15, 0.2) is 0 Å². The maximum absolute atomic E-state index is 11.8. The van der Waals surface area contributed by atoms with Crippen LogP contribution in [0.25, 0.3) is 0 Å². The van der Waals surface area contributed by atoms with E-state index < -0.39 is 0 Å². The minimum Gasteiger partial charge on any atom is -0.463 e. The van der Waals surface area contributed by atoms with Crippen molar-refractivity contribution in [3.05, 3.63) is 46.4 Å². The third kappa shape index (κ3) is 1.99. The maximum Gasteiger partial charge on any atom is 0.337 e. The van der Waals surface area contributed by atoms with Crippen molar-refractivity contribution in [1.82, 2.24) is 0 Å². The fourth-order valence-electron chi connectivity index (χ4n) is 1.64. The van der Waals surface area contributed by atoms with Gasteiger partial charge < -0.3 is 10.5 Å². The molecule has 4 heteroatoms. The van der Waals surface area contributed by atoms with Crippen molar-refractivity contribution in [2.24, 2.45) is 5.73 Å². The second-order valence-corrected chi connectivity index (χ2v) is 4.54. The van der Waals surface area contributed by atoms with Gasteiger partial charge in [-0.05, 0) is 13.0 Å². The first kappa shape index (κ1) is 11.2. The molecule has 0 aromatic rings. The summed E-state index contributed by atoms with van der Waals surface area (Å²) in [5, 5.41) is -0.323. The zero-order chi connectivity index (χ0) is 11.5. The fraction of sp³-hybridized carbons (Fsp3) is 0.250. The minimum atomic E-state index is -0.323. The molecule has 2 aliphatic rings. The van der Waals surface area contributed by atoms with Crippen LogP contribution in [0.2, 0.25) is 0 Å². The first-order valence-electron chi connectivity index (χ1n) is 5.13. The van der Waals surface area contributed by atoms with Crippen LogP contribution in [0.15, 0.2) is 46.4 Å². The summed E-state index contributed by atoms with van der Waals surface area (Å²) in [5.41, 5.74) is 7.38. The molecule has 0 bridgehead atoms. The van der Waals surface area contributed by atoms with E-state index in [9.17, 15) is 4.79 Å². The predicted octanol–water partition coefficient (Wildman–Crippen LogP) is 1.89. The lowest BCUT2D eigenvalue weighted by molar-refractivity contribution is -0.138. The number of hydrogen-bond acceptors (Lipinski definition) is 4. The van der Waals surface area contributed by atoms with Crippen molar-refractivity contribution >= 4 is 17.7 Å². The van der Waals surface area contributed by atoms with Crippen LogP contribution in [-0.4, -0.2) is 18.0 Å². The highest BCUT2D eigenvalue weighted by atomic mass is 32.2. The van der Waals surface area contributed by atoms with E-state index in [1.54, 1.807) is 6.92 Å². The quantitative estimate of drug-likeness (QED) is 0.743. The van der Waals surface area contributed by atoms with Gasteiger partial charge in [-0.15, -0.1) is 11.8 Å². The van der Waals surface area contributed by atoms with E-state index >= 15 is 0 Å². The molecule has 0 aromatic heterocycles. The Hall–Kier alpha value is -1.26. The minimum absolute atomic E-state index is 0.313. The summed E-state index contributed by atoms with van der Waals surface area (Å²) >= 11 is 1.49. The Morgan fingerprint density at radius 1 is 1.50 bits per heavy atom. The molecule has 2 rings (SSSR count). The van der Waals surface area contributed by atoms with Gasteiger partial charge in [0.2, 0.25) is 0 Å². The van der Waals surface area contributed by atoms with Gasteiger partial charge in [-0.1, -0.05) is 24.3 Å². The molecule has 0 saturated carbocycles. The lowest BCUT2D eigenvalue weighted by Gasteiger charge is -2.07. The Balaban J connectivity index is 2.40. The lowest BCUT2D eigenvalue weighted by atomic mass is 10.1. The normalized spacial score (nSPS) is 22.9. The molecule has 1 aliphatic heterocycles. The third-order valence-electron chi connectivity index (χ3n) is 2.32. The monoisotopic (exact) mass is 235 g/mol. The standard InChI is InChI=1S/C12H13NO2S/c1-2-15-12(14)10-8-6-4-3-5-7-9(8)16-11(10)13/h3-7,11H,2,13H2,1H3. The Kier molecular flexibility index (Phi) is 3.31. The van der Waals surface area contributed by atoms with Crippen molar-refractivity contribution in [3.8, 4) is 0 Å². The van der Waals surface area contributed by atoms with Gasteiger partial charge in [0.05, 0.1) is 17.6 Å². The molecular weight excluding hydrogens is 222 g/mol. The van der Waals surface area contributed by atoms with Crippen LogP contribution in [0.5, 0.6) is 0 Å². The highest BCUT2D eigenvalue weighted by Gasteiger charge is 2.31. The molecule has 1 atom stereocenters. The molecule has 0 radical (unpaired) electrons. The number of ether oxygens (including phenoxy) is 1. The zero-order valence-electron chi connectivity index (χ0n) is 8.97. The third-order valence-corrected chi connectivity index (χ3v) is 3.42. The summed E-state index contributed by atoms with van der Waals surface area (Å²) in [6, 6.07) is 0. The zero-order valence-corrected chi connectivity index (χ0v) is 9.79. The Morgan fingerprint density at radius 2 is 2.31 bits per heavy atom. The summed E-state index contributed by atoms with van der Waals surface area (Å²) in [7, 11) is 0. The number of carbonyl (C=O) groups is 1. The van der Waals surface area contributed by atoms with Crippen LogP contribution in [0.1, 0.15) is 6.92 Å². The van der Waals surface area contributed by atoms with E-state index in [0.29, 0.717) is 12.2 Å². The van der Waals surface area contributed by atoms with Crippen LogP contribution in [0.3, 0.4) is 0 Å². The van der Waals surface area contributed by atoms with Crippen molar-refractivity contribution in [2.45, 2.75) is 12.3 Å². The highest BCUT2D eigenvalue weighted by Crippen LogP contribution is 2.41. The number of nitrogens with two attached hydrogens (primary N) is 1. The van der Waals surface area contributed by atoms with Gasteiger partial charge in [-0.25, -0.2) is 4.79 Å². The SMILES string of the molecule is CCOC(=O)C1=C2C=CC=CC=C2SC1N. The predicted molar refractivity (Wildman–Crippen MR) is 65.6 cm³/mol.